The summed E-state index contributed by atoms with van der Waals surface area (Å²) in [6.45, 7) is 3.39. The van der Waals surface area contributed by atoms with Crippen LogP contribution in [-0.2, 0) is 4.79 Å². The van der Waals surface area contributed by atoms with Crippen LogP contribution in [0.2, 0.25) is 0 Å². The molecule has 0 aromatic heterocycles. The lowest BCUT2D eigenvalue weighted by Crippen LogP contribution is -2.50. The Labute approximate surface area is 174 Å². The topological polar surface area (TPSA) is 56.4 Å². The molecule has 164 valence electrons. The van der Waals surface area contributed by atoms with Crippen LogP contribution in [0.5, 0.6) is 0 Å². The van der Waals surface area contributed by atoms with Gasteiger partial charge in [0.2, 0.25) is 5.91 Å². The lowest BCUT2D eigenvalue weighted by molar-refractivity contribution is -0.124. The fraction of sp³-hybridized carbons (Fsp3) is 0.957. The van der Waals surface area contributed by atoms with Crippen molar-refractivity contribution < 1.29 is 9.18 Å². The molecule has 29 heavy (non-hydrogen) atoms. The third-order valence-corrected chi connectivity index (χ3v) is 8.77. The third-order valence-electron chi connectivity index (χ3n) is 8.77. The summed E-state index contributed by atoms with van der Waals surface area (Å²) in [5.41, 5.74) is 3.80. The highest BCUT2D eigenvalue weighted by molar-refractivity contribution is 5.82. The van der Waals surface area contributed by atoms with Crippen molar-refractivity contribution in [3.8, 4) is 0 Å². The van der Waals surface area contributed by atoms with E-state index in [9.17, 15) is 9.18 Å². The van der Waals surface area contributed by atoms with Crippen molar-refractivity contribution in [2.75, 3.05) is 6.54 Å². The van der Waals surface area contributed by atoms with Crippen molar-refractivity contribution in [1.82, 2.24) is 21.1 Å². The van der Waals surface area contributed by atoms with Gasteiger partial charge in [0.25, 0.3) is 0 Å². The van der Waals surface area contributed by atoms with E-state index in [2.05, 4.69) is 28.0 Å². The highest BCUT2D eigenvalue weighted by atomic mass is 19.1. The predicted molar refractivity (Wildman–Crippen MR) is 112 cm³/mol. The number of hydrazine groups is 1. The summed E-state index contributed by atoms with van der Waals surface area (Å²) in [5.74, 6) is 1.26. The van der Waals surface area contributed by atoms with Gasteiger partial charge in [-0.05, 0) is 69.6 Å². The third kappa shape index (κ3) is 4.09. The van der Waals surface area contributed by atoms with E-state index in [-0.39, 0.29) is 30.0 Å². The van der Waals surface area contributed by atoms with Gasteiger partial charge in [0.05, 0.1) is 6.04 Å². The van der Waals surface area contributed by atoms with Crippen LogP contribution in [0.1, 0.15) is 77.6 Å². The van der Waals surface area contributed by atoms with Gasteiger partial charge in [-0.15, -0.1) is 0 Å². The molecule has 5 nitrogen and oxygen atoms in total. The van der Waals surface area contributed by atoms with Crippen molar-refractivity contribution in [1.29, 1.82) is 0 Å². The summed E-state index contributed by atoms with van der Waals surface area (Å²) >= 11 is 0. The van der Waals surface area contributed by atoms with Crippen LogP contribution in [0.4, 0.5) is 4.39 Å². The summed E-state index contributed by atoms with van der Waals surface area (Å²) in [6, 6.07) is 1.56. The Hall–Kier alpha value is -0.720. The van der Waals surface area contributed by atoms with E-state index in [1.165, 1.54) is 45.1 Å². The number of amides is 1. The van der Waals surface area contributed by atoms with Crippen molar-refractivity contribution in [3.63, 3.8) is 0 Å². The van der Waals surface area contributed by atoms with E-state index in [1.807, 2.05) is 0 Å². The van der Waals surface area contributed by atoms with Crippen LogP contribution in [-0.4, -0.2) is 53.8 Å². The van der Waals surface area contributed by atoms with E-state index >= 15 is 0 Å². The van der Waals surface area contributed by atoms with Crippen molar-refractivity contribution in [2.45, 2.75) is 114 Å². The molecule has 2 saturated carbocycles. The molecule has 5 rings (SSSR count). The van der Waals surface area contributed by atoms with E-state index in [0.717, 1.165) is 25.3 Å². The monoisotopic (exact) mass is 406 g/mol. The Morgan fingerprint density at radius 1 is 1.03 bits per heavy atom. The number of carbonyl (C=O) groups excluding carboxylic acids is 1. The largest absolute Gasteiger partial charge is 0.352 e. The second-order valence-corrected chi connectivity index (χ2v) is 10.7. The number of hydrogen-bond acceptors (Lipinski definition) is 4. The quantitative estimate of drug-likeness (QED) is 0.675. The van der Waals surface area contributed by atoms with Crippen molar-refractivity contribution in [2.24, 2.45) is 17.8 Å². The number of piperidine rings is 1. The second-order valence-electron chi connectivity index (χ2n) is 10.7. The first-order valence-electron chi connectivity index (χ1n) is 12.3. The average molecular weight is 407 g/mol. The molecule has 0 aromatic rings. The summed E-state index contributed by atoms with van der Waals surface area (Å²) in [6.07, 6.45) is 11.5. The van der Waals surface area contributed by atoms with Gasteiger partial charge in [-0.1, -0.05) is 19.8 Å². The standard InChI is InChI=1S/C23H39FN4O/c1-14-8-9-19(24)18-13-21(26-22(14)18)23(29)25-16-6-4-5-15(11-16)20-12-17-7-2-3-10-28(17)27-20/h14-22,26-27H,2-13H2,1H3,(H,25,29). The molecule has 3 heterocycles. The number of carbonyl (C=O) groups is 1. The normalized spacial score (nSPS) is 48.1. The van der Waals surface area contributed by atoms with Crippen LogP contribution < -0.4 is 16.1 Å². The molecule has 5 fully saturated rings. The van der Waals surface area contributed by atoms with Gasteiger partial charge in [0, 0.05) is 36.6 Å². The summed E-state index contributed by atoms with van der Waals surface area (Å²) < 4.78 is 14.4. The molecule has 2 aliphatic carbocycles. The molecule has 0 spiro atoms. The van der Waals surface area contributed by atoms with Crippen molar-refractivity contribution in [3.05, 3.63) is 0 Å². The van der Waals surface area contributed by atoms with Gasteiger partial charge in [-0.25, -0.2) is 9.40 Å². The number of rotatable bonds is 3. The fourth-order valence-electron chi connectivity index (χ4n) is 7.10. The number of fused-ring (bicyclic) bond motifs is 2. The van der Waals surface area contributed by atoms with Gasteiger partial charge in [0.15, 0.2) is 0 Å². The maximum absolute atomic E-state index is 14.4. The lowest BCUT2D eigenvalue weighted by atomic mass is 9.77. The molecule has 3 N–H and O–H groups in total. The maximum atomic E-state index is 14.4. The molecule has 9 unspecified atom stereocenters. The minimum atomic E-state index is -0.743. The Bertz CT molecular complexity index is 571. The zero-order valence-electron chi connectivity index (χ0n) is 17.9. The first-order valence-corrected chi connectivity index (χ1v) is 12.3. The van der Waals surface area contributed by atoms with Crippen LogP contribution in [0.15, 0.2) is 0 Å². The maximum Gasteiger partial charge on any atom is 0.237 e. The van der Waals surface area contributed by atoms with Crippen LogP contribution in [0.25, 0.3) is 0 Å². The number of halogens is 1. The Kier molecular flexibility index (Phi) is 5.87. The molecule has 3 saturated heterocycles. The molecule has 3 aliphatic heterocycles. The van der Waals surface area contributed by atoms with E-state index in [1.54, 1.807) is 0 Å². The zero-order valence-corrected chi connectivity index (χ0v) is 17.9. The minimum Gasteiger partial charge on any atom is -0.352 e. The molecular formula is C23H39FN4O. The smallest absolute Gasteiger partial charge is 0.237 e. The number of alkyl halides is 1. The first kappa shape index (κ1) is 20.2. The van der Waals surface area contributed by atoms with Crippen molar-refractivity contribution >= 4 is 5.91 Å². The van der Waals surface area contributed by atoms with E-state index in [0.29, 0.717) is 30.7 Å². The SMILES string of the molecule is CC1CCC(F)C2CC(C(=O)NC3CCCC(C4CC5CCCCN5N4)C3)NC12. The molecule has 9 atom stereocenters. The highest BCUT2D eigenvalue weighted by Crippen LogP contribution is 2.39. The lowest BCUT2D eigenvalue weighted by Gasteiger charge is -2.34. The predicted octanol–water partition coefficient (Wildman–Crippen LogP) is 2.91. The Morgan fingerprint density at radius 2 is 1.93 bits per heavy atom. The van der Waals surface area contributed by atoms with Gasteiger partial charge in [0.1, 0.15) is 6.17 Å². The summed E-state index contributed by atoms with van der Waals surface area (Å²) in [5, 5.41) is 9.34. The van der Waals surface area contributed by atoms with Crippen LogP contribution in [0.3, 0.4) is 0 Å². The summed E-state index contributed by atoms with van der Waals surface area (Å²) in [7, 11) is 0. The van der Waals surface area contributed by atoms with Gasteiger partial charge in [-0.2, -0.15) is 0 Å². The number of hydrogen-bond donors (Lipinski definition) is 3. The highest BCUT2D eigenvalue weighted by Gasteiger charge is 2.47. The molecule has 0 radical (unpaired) electrons. The molecular weight excluding hydrogens is 367 g/mol. The Morgan fingerprint density at radius 3 is 2.76 bits per heavy atom. The average Bonchev–Trinajstić information content (AvgIpc) is 3.36. The summed E-state index contributed by atoms with van der Waals surface area (Å²) in [4.78, 5) is 13.0. The molecule has 0 aromatic carbocycles. The van der Waals surface area contributed by atoms with Gasteiger partial charge < -0.3 is 10.6 Å². The number of nitrogens with zero attached hydrogens (tertiary/aromatic N) is 1. The fourth-order valence-corrected chi connectivity index (χ4v) is 7.10. The van der Waals surface area contributed by atoms with Crippen LogP contribution in [0, 0.1) is 17.8 Å². The molecule has 1 amide bonds. The van der Waals surface area contributed by atoms with Gasteiger partial charge in [-0.3, -0.25) is 10.2 Å². The van der Waals surface area contributed by atoms with E-state index in [4.69, 9.17) is 0 Å². The second kappa shape index (κ2) is 8.43. The van der Waals surface area contributed by atoms with Gasteiger partial charge >= 0.3 is 0 Å². The molecule has 5 aliphatic rings. The molecule has 0 bridgehead atoms. The first-order chi connectivity index (χ1) is 14.1. The number of nitrogens with one attached hydrogen (secondary N) is 3. The Balaban J connectivity index is 1.14. The van der Waals surface area contributed by atoms with E-state index < -0.39 is 6.17 Å². The minimum absolute atomic E-state index is 0.0219. The molecule has 6 heteroatoms. The van der Waals surface area contributed by atoms with Crippen LogP contribution >= 0.6 is 0 Å². The zero-order chi connectivity index (χ0) is 20.0.